The standard InChI is InChI=1S/C13H21NO3/c1-3-16-13-9-11(10-14-2)5-6-12(13)17-8-4-7-15/h5-6,9,14-15H,3-4,7-8,10H2,1-2H3. The van der Waals surface area contributed by atoms with E-state index in [0.717, 1.165) is 23.6 Å². The zero-order valence-corrected chi connectivity index (χ0v) is 10.5. The lowest BCUT2D eigenvalue weighted by Gasteiger charge is -2.13. The van der Waals surface area contributed by atoms with Crippen molar-refractivity contribution < 1.29 is 14.6 Å². The van der Waals surface area contributed by atoms with Gasteiger partial charge in [-0.15, -0.1) is 0 Å². The molecule has 0 aromatic heterocycles. The molecule has 0 amide bonds. The Balaban J connectivity index is 2.72. The fourth-order valence-electron chi connectivity index (χ4n) is 1.50. The maximum Gasteiger partial charge on any atom is 0.161 e. The molecule has 0 heterocycles. The molecule has 0 radical (unpaired) electrons. The smallest absolute Gasteiger partial charge is 0.161 e. The molecule has 1 rings (SSSR count). The Morgan fingerprint density at radius 3 is 2.71 bits per heavy atom. The predicted molar refractivity (Wildman–Crippen MR) is 67.6 cm³/mol. The fourth-order valence-corrected chi connectivity index (χ4v) is 1.50. The van der Waals surface area contributed by atoms with Crippen LogP contribution in [0.15, 0.2) is 18.2 Å². The molecule has 0 bridgehead atoms. The van der Waals surface area contributed by atoms with E-state index in [9.17, 15) is 0 Å². The summed E-state index contributed by atoms with van der Waals surface area (Å²) in [6, 6.07) is 5.90. The van der Waals surface area contributed by atoms with E-state index in [4.69, 9.17) is 14.6 Å². The van der Waals surface area contributed by atoms with Gasteiger partial charge in [0.25, 0.3) is 0 Å². The van der Waals surface area contributed by atoms with Gasteiger partial charge in [-0.2, -0.15) is 0 Å². The van der Waals surface area contributed by atoms with Crippen LogP contribution in [0.4, 0.5) is 0 Å². The van der Waals surface area contributed by atoms with Crippen molar-refractivity contribution >= 4 is 0 Å². The van der Waals surface area contributed by atoms with Crippen molar-refractivity contribution in [2.75, 3.05) is 26.9 Å². The van der Waals surface area contributed by atoms with Gasteiger partial charge in [0.1, 0.15) is 0 Å². The third kappa shape index (κ3) is 4.63. The van der Waals surface area contributed by atoms with E-state index in [1.165, 1.54) is 0 Å². The normalized spacial score (nSPS) is 10.3. The molecule has 0 saturated heterocycles. The first-order valence-corrected chi connectivity index (χ1v) is 5.95. The Bertz CT molecular complexity index is 328. The quantitative estimate of drug-likeness (QED) is 0.676. The molecule has 96 valence electrons. The van der Waals surface area contributed by atoms with E-state index in [0.29, 0.717) is 19.6 Å². The van der Waals surface area contributed by atoms with Gasteiger partial charge in [0.05, 0.1) is 13.2 Å². The molecule has 0 unspecified atom stereocenters. The summed E-state index contributed by atoms with van der Waals surface area (Å²) < 4.78 is 11.1. The maximum atomic E-state index is 8.71. The number of nitrogens with one attached hydrogen (secondary N) is 1. The van der Waals surface area contributed by atoms with Gasteiger partial charge in [-0.1, -0.05) is 6.07 Å². The van der Waals surface area contributed by atoms with Crippen molar-refractivity contribution in [2.24, 2.45) is 0 Å². The van der Waals surface area contributed by atoms with Gasteiger partial charge >= 0.3 is 0 Å². The topological polar surface area (TPSA) is 50.7 Å². The van der Waals surface area contributed by atoms with E-state index in [-0.39, 0.29) is 6.61 Å². The first kappa shape index (κ1) is 13.8. The second-order valence-corrected chi connectivity index (χ2v) is 3.67. The van der Waals surface area contributed by atoms with Gasteiger partial charge in [-0.05, 0) is 31.7 Å². The van der Waals surface area contributed by atoms with Crippen LogP contribution in [0, 0.1) is 0 Å². The minimum Gasteiger partial charge on any atom is -0.490 e. The summed E-state index contributed by atoms with van der Waals surface area (Å²) in [6.45, 7) is 4.00. The van der Waals surface area contributed by atoms with Gasteiger partial charge in [0.2, 0.25) is 0 Å². The third-order valence-corrected chi connectivity index (χ3v) is 2.25. The van der Waals surface area contributed by atoms with Crippen LogP contribution in [0.2, 0.25) is 0 Å². The molecular formula is C13H21NO3. The van der Waals surface area contributed by atoms with E-state index < -0.39 is 0 Å². The Morgan fingerprint density at radius 2 is 2.06 bits per heavy atom. The summed E-state index contributed by atoms with van der Waals surface area (Å²) in [4.78, 5) is 0. The highest BCUT2D eigenvalue weighted by Crippen LogP contribution is 2.28. The number of hydrogen-bond acceptors (Lipinski definition) is 4. The van der Waals surface area contributed by atoms with Gasteiger partial charge in [-0.3, -0.25) is 0 Å². The summed E-state index contributed by atoms with van der Waals surface area (Å²) in [5.41, 5.74) is 1.16. The average Bonchev–Trinajstić information content (AvgIpc) is 2.33. The van der Waals surface area contributed by atoms with Crippen molar-refractivity contribution in [3.05, 3.63) is 23.8 Å². The summed E-state index contributed by atoms with van der Waals surface area (Å²) in [7, 11) is 1.91. The van der Waals surface area contributed by atoms with Gasteiger partial charge in [0.15, 0.2) is 11.5 Å². The molecule has 1 aromatic rings. The molecule has 0 atom stereocenters. The Labute approximate surface area is 103 Å². The van der Waals surface area contributed by atoms with Crippen molar-refractivity contribution in [1.29, 1.82) is 0 Å². The highest BCUT2D eigenvalue weighted by atomic mass is 16.5. The van der Waals surface area contributed by atoms with Crippen molar-refractivity contribution in [2.45, 2.75) is 19.9 Å². The molecule has 2 N–H and O–H groups in total. The second-order valence-electron chi connectivity index (χ2n) is 3.67. The zero-order valence-electron chi connectivity index (χ0n) is 10.5. The Kier molecular flexibility index (Phi) is 6.43. The Morgan fingerprint density at radius 1 is 1.24 bits per heavy atom. The largest absolute Gasteiger partial charge is 0.490 e. The molecule has 0 spiro atoms. The molecule has 0 aliphatic rings. The van der Waals surface area contributed by atoms with E-state index in [1.807, 2.05) is 32.2 Å². The van der Waals surface area contributed by atoms with Crippen LogP contribution in [0.5, 0.6) is 11.5 Å². The zero-order chi connectivity index (χ0) is 12.5. The third-order valence-electron chi connectivity index (χ3n) is 2.25. The number of aliphatic hydroxyl groups excluding tert-OH is 1. The van der Waals surface area contributed by atoms with Crippen LogP contribution in [-0.4, -0.2) is 32.0 Å². The second kappa shape index (κ2) is 7.92. The van der Waals surface area contributed by atoms with E-state index >= 15 is 0 Å². The lowest BCUT2D eigenvalue weighted by atomic mass is 10.2. The number of aliphatic hydroxyl groups is 1. The molecule has 0 aliphatic carbocycles. The number of hydrogen-bond donors (Lipinski definition) is 2. The molecule has 17 heavy (non-hydrogen) atoms. The van der Waals surface area contributed by atoms with Gasteiger partial charge in [0, 0.05) is 19.6 Å². The minimum atomic E-state index is 0.141. The van der Waals surface area contributed by atoms with E-state index in [2.05, 4.69) is 5.32 Å². The monoisotopic (exact) mass is 239 g/mol. The lowest BCUT2D eigenvalue weighted by Crippen LogP contribution is -2.07. The van der Waals surface area contributed by atoms with Gasteiger partial charge < -0.3 is 19.9 Å². The maximum absolute atomic E-state index is 8.71. The number of ether oxygens (including phenoxy) is 2. The van der Waals surface area contributed by atoms with Crippen LogP contribution in [0.3, 0.4) is 0 Å². The lowest BCUT2D eigenvalue weighted by molar-refractivity contribution is 0.225. The SMILES string of the molecule is CCOc1cc(CNC)ccc1OCCCO. The van der Waals surface area contributed by atoms with Crippen LogP contribution >= 0.6 is 0 Å². The molecule has 1 aromatic carbocycles. The molecule has 4 heteroatoms. The first-order chi connectivity index (χ1) is 8.31. The molecule has 0 fully saturated rings. The average molecular weight is 239 g/mol. The minimum absolute atomic E-state index is 0.141. The molecular weight excluding hydrogens is 218 g/mol. The molecule has 4 nitrogen and oxygen atoms in total. The molecule has 0 aliphatic heterocycles. The predicted octanol–water partition coefficient (Wildman–Crippen LogP) is 1.57. The summed E-state index contributed by atoms with van der Waals surface area (Å²) in [6.07, 6.45) is 0.629. The van der Waals surface area contributed by atoms with Gasteiger partial charge in [-0.25, -0.2) is 0 Å². The number of benzene rings is 1. The van der Waals surface area contributed by atoms with E-state index in [1.54, 1.807) is 0 Å². The molecule has 0 saturated carbocycles. The van der Waals surface area contributed by atoms with Crippen LogP contribution < -0.4 is 14.8 Å². The summed E-state index contributed by atoms with van der Waals surface area (Å²) in [5, 5.41) is 11.8. The van der Waals surface area contributed by atoms with Crippen LogP contribution in [0.25, 0.3) is 0 Å². The van der Waals surface area contributed by atoms with Crippen LogP contribution in [0.1, 0.15) is 18.9 Å². The summed E-state index contributed by atoms with van der Waals surface area (Å²) in [5.74, 6) is 1.50. The van der Waals surface area contributed by atoms with Crippen LogP contribution in [-0.2, 0) is 6.54 Å². The number of rotatable bonds is 8. The highest BCUT2D eigenvalue weighted by Gasteiger charge is 2.06. The van der Waals surface area contributed by atoms with Crippen molar-refractivity contribution in [3.63, 3.8) is 0 Å². The van der Waals surface area contributed by atoms with Crippen molar-refractivity contribution in [3.8, 4) is 11.5 Å². The first-order valence-electron chi connectivity index (χ1n) is 5.95. The van der Waals surface area contributed by atoms with Crippen molar-refractivity contribution in [1.82, 2.24) is 5.32 Å². The fraction of sp³-hybridized carbons (Fsp3) is 0.538. The highest BCUT2D eigenvalue weighted by molar-refractivity contribution is 5.43. The summed E-state index contributed by atoms with van der Waals surface area (Å²) >= 11 is 0. The Hall–Kier alpha value is -1.26.